The molecule has 0 spiro atoms. The van der Waals surface area contributed by atoms with Crippen LogP contribution < -0.4 is 10.6 Å². The van der Waals surface area contributed by atoms with Crippen LogP contribution >= 0.6 is 12.4 Å². The molecule has 1 atom stereocenters. The number of sulfone groups is 1. The van der Waals surface area contributed by atoms with Crippen LogP contribution in [-0.2, 0) is 9.84 Å². The summed E-state index contributed by atoms with van der Waals surface area (Å²) in [6.07, 6.45) is 1.96. The van der Waals surface area contributed by atoms with Crippen LogP contribution in [0.3, 0.4) is 0 Å². The zero-order valence-electron chi connectivity index (χ0n) is 12.3. The molecule has 1 saturated heterocycles. The lowest BCUT2D eigenvalue weighted by atomic mass is 10.1. The molecule has 0 aromatic heterocycles. The summed E-state index contributed by atoms with van der Waals surface area (Å²) >= 11 is 0. The lowest BCUT2D eigenvalue weighted by molar-refractivity contribution is 0.0951. The maximum Gasteiger partial charge on any atom is 0.341 e. The normalized spacial score (nSPS) is 17.8. The van der Waals surface area contributed by atoms with E-state index >= 15 is 0 Å². The van der Waals surface area contributed by atoms with Crippen LogP contribution in [0, 0.1) is 5.92 Å². The summed E-state index contributed by atoms with van der Waals surface area (Å²) in [5.74, 6) is -3.25. The highest BCUT2D eigenvalue weighted by Gasteiger charge is 2.26. The third-order valence-electron chi connectivity index (χ3n) is 3.68. The molecule has 130 valence electrons. The van der Waals surface area contributed by atoms with E-state index in [1.165, 1.54) is 12.1 Å². The molecule has 1 aliphatic heterocycles. The molecule has 23 heavy (non-hydrogen) atoms. The minimum absolute atomic E-state index is 0. The fourth-order valence-corrected chi connectivity index (χ4v) is 3.07. The molecule has 1 aliphatic rings. The Kier molecular flexibility index (Phi) is 7.37. The monoisotopic (exact) mass is 368 g/mol. The topological polar surface area (TPSA) is 75.3 Å². The van der Waals surface area contributed by atoms with Gasteiger partial charge in [-0.2, -0.15) is 8.78 Å². The van der Waals surface area contributed by atoms with Gasteiger partial charge in [-0.1, -0.05) is 0 Å². The average Bonchev–Trinajstić information content (AvgIpc) is 3.00. The average molecular weight is 369 g/mol. The predicted octanol–water partition coefficient (Wildman–Crippen LogP) is 1.83. The van der Waals surface area contributed by atoms with Gasteiger partial charge in [-0.3, -0.25) is 4.79 Å². The first kappa shape index (κ1) is 19.8. The van der Waals surface area contributed by atoms with Gasteiger partial charge < -0.3 is 10.6 Å². The number of hydrogen-bond acceptors (Lipinski definition) is 4. The van der Waals surface area contributed by atoms with Crippen molar-refractivity contribution in [3.63, 3.8) is 0 Å². The van der Waals surface area contributed by atoms with E-state index in [4.69, 9.17) is 0 Å². The Labute approximate surface area is 140 Å². The van der Waals surface area contributed by atoms with Crippen molar-refractivity contribution < 1.29 is 22.0 Å². The maximum atomic E-state index is 12.4. The van der Waals surface area contributed by atoms with E-state index in [2.05, 4.69) is 10.6 Å². The number of hydrogen-bond donors (Lipinski definition) is 2. The Balaban J connectivity index is 0.00000264. The molecule has 0 aliphatic carbocycles. The predicted molar refractivity (Wildman–Crippen MR) is 84.8 cm³/mol. The lowest BCUT2D eigenvalue weighted by Crippen LogP contribution is -2.26. The summed E-state index contributed by atoms with van der Waals surface area (Å²) in [5.41, 5.74) is 0.248. The van der Waals surface area contributed by atoms with Crippen molar-refractivity contribution in [3.8, 4) is 0 Å². The molecular formula is C14H19ClF2N2O3S. The van der Waals surface area contributed by atoms with Crippen molar-refractivity contribution in [1.29, 1.82) is 0 Å². The summed E-state index contributed by atoms with van der Waals surface area (Å²) in [4.78, 5) is 11.4. The summed E-state index contributed by atoms with van der Waals surface area (Å²) in [6, 6.07) is 4.53. The zero-order valence-corrected chi connectivity index (χ0v) is 13.9. The van der Waals surface area contributed by atoms with Gasteiger partial charge in [0.05, 0.1) is 4.90 Å². The number of halogens is 3. The van der Waals surface area contributed by atoms with Crippen LogP contribution in [-0.4, -0.2) is 39.7 Å². The van der Waals surface area contributed by atoms with E-state index in [0.717, 1.165) is 38.1 Å². The van der Waals surface area contributed by atoms with Crippen LogP contribution in [0.2, 0.25) is 0 Å². The number of alkyl halides is 2. The Bertz CT molecular complexity index is 617. The quantitative estimate of drug-likeness (QED) is 0.803. The number of carbonyl (C=O) groups is 1. The highest BCUT2D eigenvalue weighted by atomic mass is 35.5. The first-order valence-electron chi connectivity index (χ1n) is 7.02. The van der Waals surface area contributed by atoms with Crippen LogP contribution in [0.5, 0.6) is 0 Å². The molecular weight excluding hydrogens is 350 g/mol. The Morgan fingerprint density at radius 1 is 1.30 bits per heavy atom. The maximum absolute atomic E-state index is 12.4. The van der Waals surface area contributed by atoms with E-state index in [1.54, 1.807) is 0 Å². The summed E-state index contributed by atoms with van der Waals surface area (Å²) < 4.78 is 47.4. The fourth-order valence-electron chi connectivity index (χ4n) is 2.35. The smallest absolute Gasteiger partial charge is 0.341 e. The molecule has 2 N–H and O–H groups in total. The van der Waals surface area contributed by atoms with E-state index in [9.17, 15) is 22.0 Å². The van der Waals surface area contributed by atoms with Crippen molar-refractivity contribution in [2.45, 2.75) is 23.5 Å². The molecule has 1 aromatic carbocycles. The van der Waals surface area contributed by atoms with Gasteiger partial charge in [-0.25, -0.2) is 8.42 Å². The molecule has 1 amide bonds. The summed E-state index contributed by atoms with van der Waals surface area (Å²) in [5, 5.41) is 5.98. The van der Waals surface area contributed by atoms with Gasteiger partial charge in [0.15, 0.2) is 0 Å². The second kappa shape index (κ2) is 8.56. The van der Waals surface area contributed by atoms with E-state index in [-0.39, 0.29) is 23.9 Å². The summed E-state index contributed by atoms with van der Waals surface area (Å²) in [7, 11) is -4.62. The molecule has 0 bridgehead atoms. The molecule has 1 aromatic rings. The third-order valence-corrected chi connectivity index (χ3v) is 5.08. The Morgan fingerprint density at radius 3 is 2.48 bits per heavy atom. The SMILES string of the molecule is Cl.O=C(NCCC1CCNC1)c1ccc(S(=O)(=O)C(F)F)cc1. The number of rotatable bonds is 6. The largest absolute Gasteiger partial charge is 0.352 e. The van der Waals surface area contributed by atoms with Gasteiger partial charge in [0.2, 0.25) is 9.84 Å². The summed E-state index contributed by atoms with van der Waals surface area (Å²) in [6.45, 7) is 2.48. The van der Waals surface area contributed by atoms with E-state index in [1.807, 2.05) is 0 Å². The van der Waals surface area contributed by atoms with Crippen LogP contribution in [0.25, 0.3) is 0 Å². The molecule has 5 nitrogen and oxygen atoms in total. The van der Waals surface area contributed by atoms with E-state index in [0.29, 0.717) is 12.5 Å². The zero-order chi connectivity index (χ0) is 16.2. The number of benzene rings is 1. The Morgan fingerprint density at radius 2 is 1.96 bits per heavy atom. The van der Waals surface area contributed by atoms with Gasteiger partial charge in [-0.05, 0) is 56.1 Å². The van der Waals surface area contributed by atoms with Crippen molar-refractivity contribution in [2.75, 3.05) is 19.6 Å². The first-order valence-corrected chi connectivity index (χ1v) is 8.57. The number of carbonyl (C=O) groups excluding carboxylic acids is 1. The van der Waals surface area contributed by atoms with Crippen molar-refractivity contribution in [1.82, 2.24) is 10.6 Å². The molecule has 1 fully saturated rings. The fraction of sp³-hybridized carbons (Fsp3) is 0.500. The third kappa shape index (κ3) is 5.12. The number of amides is 1. The first-order chi connectivity index (χ1) is 10.4. The van der Waals surface area contributed by atoms with Gasteiger partial charge in [-0.15, -0.1) is 12.4 Å². The van der Waals surface area contributed by atoms with Crippen LogP contribution in [0.15, 0.2) is 29.2 Å². The van der Waals surface area contributed by atoms with Gasteiger partial charge in [0, 0.05) is 12.1 Å². The lowest BCUT2D eigenvalue weighted by Gasteiger charge is -2.10. The van der Waals surface area contributed by atoms with Crippen molar-refractivity contribution in [3.05, 3.63) is 29.8 Å². The van der Waals surface area contributed by atoms with Gasteiger partial charge >= 0.3 is 5.76 Å². The second-order valence-electron chi connectivity index (χ2n) is 5.23. The van der Waals surface area contributed by atoms with Crippen LogP contribution in [0.1, 0.15) is 23.2 Å². The minimum atomic E-state index is -4.62. The molecule has 1 unspecified atom stereocenters. The van der Waals surface area contributed by atoms with Crippen LogP contribution in [0.4, 0.5) is 8.78 Å². The molecule has 1 heterocycles. The number of nitrogens with one attached hydrogen (secondary N) is 2. The van der Waals surface area contributed by atoms with Gasteiger partial charge in [0.25, 0.3) is 5.91 Å². The van der Waals surface area contributed by atoms with Crippen molar-refractivity contribution in [2.24, 2.45) is 5.92 Å². The van der Waals surface area contributed by atoms with Crippen molar-refractivity contribution >= 4 is 28.2 Å². The molecule has 2 rings (SSSR count). The highest BCUT2D eigenvalue weighted by Crippen LogP contribution is 2.18. The Hall–Kier alpha value is -1.25. The molecule has 0 saturated carbocycles. The second-order valence-corrected chi connectivity index (χ2v) is 7.15. The highest BCUT2D eigenvalue weighted by molar-refractivity contribution is 7.91. The standard InChI is InChI=1S/C14H18F2N2O3S.ClH/c15-14(16)22(20,21)12-3-1-11(2-4-12)13(19)18-8-6-10-5-7-17-9-10;/h1-4,10,14,17H,5-9H2,(H,18,19);1H. The van der Waals surface area contributed by atoms with Gasteiger partial charge in [0.1, 0.15) is 0 Å². The molecule has 9 heteroatoms. The molecule has 0 radical (unpaired) electrons. The minimum Gasteiger partial charge on any atom is -0.352 e. The van der Waals surface area contributed by atoms with E-state index < -0.39 is 20.5 Å².